The van der Waals surface area contributed by atoms with E-state index in [0.717, 1.165) is 6.55 Å². The van der Waals surface area contributed by atoms with Crippen LogP contribution >= 0.6 is 44.3 Å². The summed E-state index contributed by atoms with van der Waals surface area (Å²) in [5, 5.41) is 23.5. The lowest BCUT2D eigenvalue weighted by molar-refractivity contribution is 0.607. The number of hydrogen-bond donors (Lipinski definition) is 0. The van der Waals surface area contributed by atoms with Gasteiger partial charge in [0.1, 0.15) is 0 Å². The smallest absolute Gasteiger partial charge is 0.271 e. The highest BCUT2D eigenvalue weighted by atomic mass is 35.7. The molecule has 0 fully saturated rings. The SMILES string of the molecule is C.C.C.C=CC#N.C[SiH](Cl)Cl.C[Si](Cl)(Cl)CCC#N.C[Si](F)(F)CCC#N. The molecule has 0 atom stereocenters. The molecule has 0 aliphatic carbocycles. The number of nitriles is 3. The molecule has 0 amide bonds. The third-order valence-electron chi connectivity index (χ3n) is 1.44. The Morgan fingerprint density at radius 1 is 0.963 bits per heavy atom. The van der Waals surface area contributed by atoms with Gasteiger partial charge >= 0.3 is 8.74 Å². The van der Waals surface area contributed by atoms with Gasteiger partial charge in [-0.2, -0.15) is 37.9 Å². The van der Waals surface area contributed by atoms with Gasteiger partial charge in [0.2, 0.25) is 14.1 Å². The quantitative estimate of drug-likeness (QED) is 0.213. The van der Waals surface area contributed by atoms with Crippen LogP contribution in [0.15, 0.2) is 12.7 Å². The first-order valence-electron chi connectivity index (χ1n) is 6.55. The molecule has 0 aromatic heterocycles. The topological polar surface area (TPSA) is 71.4 Å². The fourth-order valence-electron chi connectivity index (χ4n) is 0.551. The maximum absolute atomic E-state index is 11.9. The van der Waals surface area contributed by atoms with Crippen molar-refractivity contribution in [2.24, 2.45) is 0 Å². The first kappa shape index (κ1) is 45.6. The van der Waals surface area contributed by atoms with Crippen LogP contribution in [0.3, 0.4) is 0 Å². The molecule has 3 nitrogen and oxygen atoms in total. The number of nitrogens with zero attached hydrogens (tertiary/aromatic N) is 3. The Hall–Kier alpha value is -0.119. The van der Waals surface area contributed by atoms with Crippen LogP contribution in [-0.2, 0) is 0 Å². The van der Waals surface area contributed by atoms with Gasteiger partial charge in [-0.15, -0.1) is 22.2 Å². The lowest BCUT2D eigenvalue weighted by Gasteiger charge is -2.04. The zero-order valence-electron chi connectivity index (χ0n) is 13.8. The van der Waals surface area contributed by atoms with Crippen LogP contribution < -0.4 is 0 Å². The molecule has 12 heteroatoms. The van der Waals surface area contributed by atoms with E-state index in [2.05, 4.69) is 6.58 Å². The fourth-order valence-corrected chi connectivity index (χ4v) is 2.22. The van der Waals surface area contributed by atoms with Crippen LogP contribution in [0, 0.1) is 34.0 Å². The Bertz CT molecular complexity index is 394. The van der Waals surface area contributed by atoms with Crippen LogP contribution in [0.5, 0.6) is 0 Å². The van der Waals surface area contributed by atoms with Gasteiger partial charge in [-0.25, -0.2) is 0 Å². The van der Waals surface area contributed by atoms with Gasteiger partial charge in [0, 0.05) is 25.0 Å². The van der Waals surface area contributed by atoms with Crippen LogP contribution in [-0.4, -0.2) is 22.9 Å². The number of rotatable bonds is 4. The summed E-state index contributed by atoms with van der Waals surface area (Å²) in [5.41, 5.74) is 0. The van der Waals surface area contributed by atoms with Crippen molar-refractivity contribution in [1.82, 2.24) is 0 Å². The molecule has 0 radical (unpaired) electrons. The number of hydrogen-bond acceptors (Lipinski definition) is 3. The zero-order chi connectivity index (χ0) is 20.2. The summed E-state index contributed by atoms with van der Waals surface area (Å²) in [4.78, 5) is 0. The molecule has 162 valence electrons. The van der Waals surface area contributed by atoms with Crippen molar-refractivity contribution in [2.45, 2.75) is 66.9 Å². The van der Waals surface area contributed by atoms with E-state index in [1.165, 1.54) is 6.08 Å². The van der Waals surface area contributed by atoms with Crippen molar-refractivity contribution < 1.29 is 8.22 Å². The maximum atomic E-state index is 11.9. The molecular weight excluding hydrogens is 486 g/mol. The summed E-state index contributed by atoms with van der Waals surface area (Å²) < 4.78 is 23.8. The average Bonchev–Trinajstić information content (AvgIpc) is 2.41. The first-order valence-corrected chi connectivity index (χ1v) is 18.4. The Labute approximate surface area is 188 Å². The minimum Gasteiger partial charge on any atom is -0.271 e. The van der Waals surface area contributed by atoms with E-state index in [1.807, 2.05) is 19.2 Å². The normalized spacial score (nSPS) is 8.26. The van der Waals surface area contributed by atoms with E-state index < -0.39 is 22.9 Å². The fraction of sp³-hybridized carbons (Fsp3) is 0.667. The van der Waals surface area contributed by atoms with E-state index in [4.69, 9.17) is 60.1 Å². The number of halogens is 6. The van der Waals surface area contributed by atoms with Gasteiger partial charge in [-0.3, -0.25) is 8.22 Å². The van der Waals surface area contributed by atoms with Crippen molar-refractivity contribution in [1.29, 1.82) is 15.8 Å². The highest BCUT2D eigenvalue weighted by molar-refractivity contribution is 7.44. The third-order valence-corrected chi connectivity index (χ3v) is 4.83. The van der Waals surface area contributed by atoms with E-state index >= 15 is 0 Å². The molecule has 0 unspecified atom stereocenters. The molecule has 0 N–H and O–H groups in total. The van der Waals surface area contributed by atoms with Crippen molar-refractivity contribution >= 4 is 67.2 Å². The van der Waals surface area contributed by atoms with Crippen molar-refractivity contribution in [3.8, 4) is 18.2 Å². The summed E-state index contributed by atoms with van der Waals surface area (Å²) in [6, 6.07) is 5.85. The molecule has 0 spiro atoms. The molecule has 0 rings (SSSR count). The summed E-state index contributed by atoms with van der Waals surface area (Å²) in [6.45, 7) is 5.76. The van der Waals surface area contributed by atoms with Crippen molar-refractivity contribution in [3.05, 3.63) is 12.7 Å². The molecule has 0 bridgehead atoms. The Kier molecular flexibility index (Phi) is 51.6. The highest BCUT2D eigenvalue weighted by Crippen LogP contribution is 2.20. The second kappa shape index (κ2) is 30.6. The maximum Gasteiger partial charge on any atom is 0.423 e. The lowest BCUT2D eigenvalue weighted by atomic mass is 10.6. The molecule has 0 aliphatic heterocycles. The summed E-state index contributed by atoms with van der Waals surface area (Å²) in [7, 11) is -5.10. The van der Waals surface area contributed by atoms with Gasteiger partial charge in [0.15, 0.2) is 0 Å². The van der Waals surface area contributed by atoms with Gasteiger partial charge in [0.25, 0.3) is 0 Å². The molecule has 0 aliphatic rings. The molecule has 0 saturated heterocycles. The van der Waals surface area contributed by atoms with Crippen LogP contribution in [0.25, 0.3) is 0 Å². The monoisotopic (exact) mass is 517 g/mol. The van der Waals surface area contributed by atoms with E-state index in [9.17, 15) is 8.22 Å². The summed E-state index contributed by atoms with van der Waals surface area (Å²) in [5.74, 6) is 0. The predicted octanol–water partition coefficient (Wildman–Crippen LogP) is 8.28. The molecule has 0 aromatic carbocycles. The van der Waals surface area contributed by atoms with E-state index in [1.54, 1.807) is 12.1 Å². The zero-order valence-corrected chi connectivity index (χ0v) is 20.0. The average molecular weight is 520 g/mol. The summed E-state index contributed by atoms with van der Waals surface area (Å²) >= 11 is 21.7. The van der Waals surface area contributed by atoms with Crippen LogP contribution in [0.4, 0.5) is 8.22 Å². The number of allylic oxidation sites excluding steroid dienone is 1. The second-order valence-corrected chi connectivity index (χ2v) is 20.8. The Morgan fingerprint density at radius 3 is 1.30 bits per heavy atom. The van der Waals surface area contributed by atoms with Gasteiger partial charge in [0.05, 0.1) is 18.2 Å². The Balaban J connectivity index is -0.0000000399. The first-order chi connectivity index (χ1) is 10.8. The lowest BCUT2D eigenvalue weighted by Crippen LogP contribution is -2.14. The van der Waals surface area contributed by atoms with Gasteiger partial charge in [-0.05, 0) is 25.7 Å². The van der Waals surface area contributed by atoms with Crippen molar-refractivity contribution in [2.75, 3.05) is 0 Å². The molecular formula is C15H33Cl4F2N3Si3. The predicted molar refractivity (Wildman–Crippen MR) is 128 cm³/mol. The van der Waals surface area contributed by atoms with Crippen LogP contribution in [0.1, 0.15) is 35.1 Å². The summed E-state index contributed by atoms with van der Waals surface area (Å²) in [6.07, 6.45) is 1.66. The highest BCUT2D eigenvalue weighted by Gasteiger charge is 2.26. The standard InChI is InChI=1S/C4H7Cl2NSi.C4H7F2NSi.C3H3N.CH4Cl2Si.3CH4/c2*1-8(5,6)4-2-3-7;1-2-3-4;1-4(2)3;;;/h2*2,4H2,1H3;2H,1H2;4H,1H3;3*1H4. The minimum atomic E-state index is -3.90. The minimum absolute atomic E-state index is 0. The Morgan fingerprint density at radius 2 is 1.22 bits per heavy atom. The molecule has 0 heterocycles. The van der Waals surface area contributed by atoms with E-state index in [0.29, 0.717) is 12.5 Å². The third kappa shape index (κ3) is 125. The van der Waals surface area contributed by atoms with Gasteiger partial charge < -0.3 is 0 Å². The van der Waals surface area contributed by atoms with Gasteiger partial charge in [-0.1, -0.05) is 28.9 Å². The van der Waals surface area contributed by atoms with Crippen LogP contribution in [0.2, 0.25) is 31.7 Å². The molecule has 0 saturated carbocycles. The largest absolute Gasteiger partial charge is 0.423 e. The molecule has 0 aromatic rings. The second-order valence-electron chi connectivity index (χ2n) is 4.31. The van der Waals surface area contributed by atoms with E-state index in [-0.39, 0.29) is 34.7 Å². The molecule has 27 heavy (non-hydrogen) atoms. The van der Waals surface area contributed by atoms with Crippen molar-refractivity contribution in [3.63, 3.8) is 0 Å².